The standard InChI is InChI=1S/C22H16F14I2.C20H14F12I2/c23-17(24,19(27,28)21(31,32)33)11-37-15-7-3-13(4-8-15)1-2-14-5-9-16(10-6-14)38-12-18(25,26)20(29,30)22(34,35)36;21-15(22)19(29,30)17(25,26)9-33-13-5-1-11(2-6-13)12-3-7-14(8-4-12)34-10-18(27,28)20(31,32)16(23)24/h3-10H,1-2,11-12H2;1-8,15-16H,9-10H2/q2*+2. The van der Waals surface area contributed by atoms with Crippen molar-refractivity contribution in [2.45, 2.75) is 85.4 Å². The summed E-state index contributed by atoms with van der Waals surface area (Å²) in [5.41, 5.74) is 2.37. The minimum Gasteiger partial charge on any atom is -0.203 e. The van der Waals surface area contributed by atoms with Gasteiger partial charge in [0.15, 0.2) is 14.3 Å². The van der Waals surface area contributed by atoms with Gasteiger partial charge in [0.1, 0.15) is 0 Å². The fourth-order valence-corrected chi connectivity index (χ4v) is 14.1. The largest absolute Gasteiger partial charge is 0.460 e. The highest BCUT2D eigenvalue weighted by Crippen LogP contribution is 2.47. The number of benzene rings is 4. The van der Waals surface area contributed by atoms with Gasteiger partial charge in [0.25, 0.3) is 0 Å². The molecule has 0 spiro atoms. The summed E-state index contributed by atoms with van der Waals surface area (Å²) < 4.78 is 328. The second-order valence-electron chi connectivity index (χ2n) is 14.6. The third-order valence-electron chi connectivity index (χ3n) is 9.26. The van der Waals surface area contributed by atoms with E-state index in [1.807, 2.05) is 0 Å². The number of aryl methyl sites for hydroxylation is 2. The van der Waals surface area contributed by atoms with Crippen LogP contribution in [0.25, 0.3) is 11.1 Å². The lowest BCUT2D eigenvalue weighted by Crippen LogP contribution is -3.63. The summed E-state index contributed by atoms with van der Waals surface area (Å²) in [6, 6.07) is 22.6. The summed E-state index contributed by atoms with van der Waals surface area (Å²) in [6.07, 6.45) is -21.0. The molecule has 0 amide bonds. The van der Waals surface area contributed by atoms with Gasteiger partial charge in [-0.15, -0.1) is 0 Å². The van der Waals surface area contributed by atoms with Crippen LogP contribution in [-0.4, -0.2) is 90.3 Å². The zero-order valence-electron chi connectivity index (χ0n) is 35.0. The molecule has 0 saturated carbocycles. The molecule has 4 aromatic carbocycles. The molecular formula is C42H30F26I4+4. The van der Waals surface area contributed by atoms with Crippen LogP contribution in [0.1, 0.15) is 11.1 Å². The zero-order valence-corrected chi connectivity index (χ0v) is 43.6. The first-order chi connectivity index (χ1) is 32.6. The van der Waals surface area contributed by atoms with E-state index in [-0.39, 0.29) is 14.3 Å². The number of halogens is 30. The molecule has 0 nitrogen and oxygen atoms in total. The van der Waals surface area contributed by atoms with Crippen molar-refractivity contribution in [1.82, 2.24) is 0 Å². The van der Waals surface area contributed by atoms with Gasteiger partial charge in [-0.05, 0) is 108 Å². The Kier molecular flexibility index (Phi) is 21.9. The van der Waals surface area contributed by atoms with E-state index >= 15 is 0 Å². The monoisotopic (exact) mass is 1540 g/mol. The molecule has 0 atom stereocenters. The van der Waals surface area contributed by atoms with E-state index in [9.17, 15) is 114 Å². The van der Waals surface area contributed by atoms with Crippen molar-refractivity contribution in [2.75, 3.05) is 17.7 Å². The average Bonchev–Trinajstić information content (AvgIpc) is 3.28. The van der Waals surface area contributed by atoms with Crippen LogP contribution in [0.5, 0.6) is 0 Å². The second kappa shape index (κ2) is 24.5. The Balaban J connectivity index is 0.000000383. The molecule has 0 aliphatic carbocycles. The van der Waals surface area contributed by atoms with Gasteiger partial charge in [-0.2, -0.15) is 96.6 Å². The Morgan fingerprint density at radius 2 is 0.500 bits per heavy atom. The summed E-state index contributed by atoms with van der Waals surface area (Å²) in [4.78, 5) is 0. The zero-order chi connectivity index (χ0) is 55.2. The first kappa shape index (κ1) is 64.3. The number of rotatable bonds is 22. The Hall–Kier alpha value is -2.02. The summed E-state index contributed by atoms with van der Waals surface area (Å²) in [7, 11) is 0. The molecule has 0 aliphatic rings. The van der Waals surface area contributed by atoms with Gasteiger partial charge in [-0.1, -0.05) is 24.3 Å². The van der Waals surface area contributed by atoms with Gasteiger partial charge in [0.05, 0.1) is 0 Å². The van der Waals surface area contributed by atoms with E-state index in [1.54, 1.807) is 0 Å². The lowest BCUT2D eigenvalue weighted by Gasteiger charge is -2.25. The molecule has 0 heterocycles. The highest BCUT2D eigenvalue weighted by atomic mass is 127. The van der Waals surface area contributed by atoms with Crippen LogP contribution in [0.4, 0.5) is 114 Å². The molecule has 4 aromatic rings. The summed E-state index contributed by atoms with van der Waals surface area (Å²) >= 11 is -7.17. The first-order valence-corrected chi connectivity index (χ1v) is 29.5. The fraction of sp³-hybridized carbons (Fsp3) is 0.429. The normalized spacial score (nSPS) is 13.9. The number of alkyl halides is 30. The van der Waals surface area contributed by atoms with Crippen LogP contribution in [0.3, 0.4) is 0 Å². The molecule has 0 aliphatic heterocycles. The molecule has 30 heteroatoms. The van der Waals surface area contributed by atoms with Crippen LogP contribution >= 0.6 is 0 Å². The van der Waals surface area contributed by atoms with Crippen molar-refractivity contribution >= 4 is 0 Å². The lowest BCUT2D eigenvalue weighted by atomic mass is 10.0. The van der Waals surface area contributed by atoms with E-state index in [2.05, 4.69) is 0 Å². The predicted molar refractivity (Wildman–Crippen MR) is 190 cm³/mol. The molecule has 0 saturated heterocycles. The Morgan fingerprint density at radius 1 is 0.292 bits per heavy atom. The van der Waals surface area contributed by atoms with E-state index < -0.39 is 175 Å². The predicted octanol–water partition coefficient (Wildman–Crippen LogP) is 2.60. The van der Waals surface area contributed by atoms with Crippen LogP contribution in [-0.2, 0) is 12.8 Å². The minimum absolute atomic E-state index is 0.214. The molecule has 0 N–H and O–H groups in total. The van der Waals surface area contributed by atoms with Gasteiger partial charge in [0.2, 0.25) is 17.7 Å². The topological polar surface area (TPSA) is 0 Å². The molecule has 0 radical (unpaired) electrons. The summed E-state index contributed by atoms with van der Waals surface area (Å²) in [5, 5.41) is 0. The van der Waals surface area contributed by atoms with Crippen LogP contribution in [0.2, 0.25) is 0 Å². The molecule has 0 fully saturated rings. The minimum atomic E-state index is -6.38. The molecule has 0 aromatic heterocycles. The summed E-state index contributed by atoms with van der Waals surface area (Å²) in [6.45, 7) is 0. The quantitative estimate of drug-likeness (QED) is 0.0647. The molecule has 0 unspecified atom stereocenters. The third kappa shape index (κ3) is 16.3. The summed E-state index contributed by atoms with van der Waals surface area (Å²) in [5.74, 6) is -43.4. The van der Waals surface area contributed by atoms with Gasteiger partial charge >= 0.3 is 157 Å². The van der Waals surface area contributed by atoms with Crippen molar-refractivity contribution in [3.8, 4) is 11.1 Å². The van der Waals surface area contributed by atoms with Gasteiger partial charge < -0.3 is 0 Å². The lowest BCUT2D eigenvalue weighted by molar-refractivity contribution is -0.651. The van der Waals surface area contributed by atoms with E-state index in [4.69, 9.17) is 0 Å². The smallest absolute Gasteiger partial charge is 0.203 e. The maximum Gasteiger partial charge on any atom is 0.460 e. The molecule has 4 rings (SSSR count). The Labute approximate surface area is 432 Å². The van der Waals surface area contributed by atoms with E-state index in [0.29, 0.717) is 35.1 Å². The average molecular weight is 1540 g/mol. The van der Waals surface area contributed by atoms with Gasteiger partial charge in [0, 0.05) is 0 Å². The van der Waals surface area contributed by atoms with Crippen molar-refractivity contribution in [3.63, 3.8) is 0 Å². The third-order valence-corrected chi connectivity index (χ3v) is 21.0. The molecular weight excluding hydrogens is 1510 g/mol. The maximum atomic E-state index is 13.4. The number of hydrogen-bond donors (Lipinski definition) is 0. The highest BCUT2D eigenvalue weighted by Gasteiger charge is 2.76. The van der Waals surface area contributed by atoms with Gasteiger partial charge in [-0.3, -0.25) is 0 Å². The van der Waals surface area contributed by atoms with Crippen LogP contribution in [0.15, 0.2) is 97.1 Å². The highest BCUT2D eigenvalue weighted by molar-refractivity contribution is 5.62. The van der Waals surface area contributed by atoms with Crippen LogP contribution in [0, 0.1) is 14.3 Å². The second-order valence-corrected chi connectivity index (χ2v) is 25.7. The number of hydrogen-bond acceptors (Lipinski definition) is 0. The van der Waals surface area contributed by atoms with E-state index in [0.717, 1.165) is 0 Å². The first-order valence-electron chi connectivity index (χ1n) is 19.1. The van der Waals surface area contributed by atoms with Crippen molar-refractivity contribution < 1.29 is 199 Å². The molecule has 404 valence electrons. The fourth-order valence-electron chi connectivity index (χ4n) is 4.96. The van der Waals surface area contributed by atoms with Crippen molar-refractivity contribution in [2.24, 2.45) is 0 Å². The maximum absolute atomic E-state index is 13.4. The van der Waals surface area contributed by atoms with Crippen LogP contribution < -0.4 is 84.8 Å². The molecule has 0 bridgehead atoms. The molecule has 72 heavy (non-hydrogen) atoms. The Bertz CT molecular complexity index is 2130. The van der Waals surface area contributed by atoms with E-state index in [1.165, 1.54) is 97.1 Å². The van der Waals surface area contributed by atoms with Crippen molar-refractivity contribution in [1.29, 1.82) is 0 Å². The Morgan fingerprint density at radius 3 is 0.708 bits per heavy atom. The van der Waals surface area contributed by atoms with Crippen molar-refractivity contribution in [3.05, 3.63) is 122 Å². The van der Waals surface area contributed by atoms with Gasteiger partial charge in [-0.25, -0.2) is 17.6 Å². The SMILES string of the molecule is FC(F)(F)C(F)(F)C(F)(F)C[I+]c1ccc(CCc2ccc([I+]CC(F)(F)C(F)(F)C(F)(F)F)cc2)cc1.FC(F)C(F)(F)C(F)(F)C[I+]c1ccc(-c2ccc([I+]CC(F)(F)C(F)(F)C(F)F)cc2)cc1.